The van der Waals surface area contributed by atoms with Gasteiger partial charge in [-0.1, -0.05) is 25.7 Å². The second-order valence-corrected chi connectivity index (χ2v) is 7.50. The molecule has 6 nitrogen and oxygen atoms in total. The first-order chi connectivity index (χ1) is 8.92. The largest absolute Gasteiger partial charge is 0.370 e. The van der Waals surface area contributed by atoms with E-state index in [4.69, 9.17) is 5.73 Å². The van der Waals surface area contributed by atoms with Crippen LogP contribution in [-0.4, -0.2) is 51.1 Å². The average molecular weight is 290 g/mol. The van der Waals surface area contributed by atoms with E-state index in [1.54, 1.807) is 0 Å². The molecule has 0 aliphatic heterocycles. The van der Waals surface area contributed by atoms with Gasteiger partial charge in [-0.3, -0.25) is 4.99 Å². The van der Waals surface area contributed by atoms with Crippen LogP contribution in [0.15, 0.2) is 4.99 Å². The van der Waals surface area contributed by atoms with Crippen LogP contribution in [0, 0.1) is 0 Å². The first-order valence-electron chi connectivity index (χ1n) is 6.88. The van der Waals surface area contributed by atoms with E-state index in [2.05, 4.69) is 10.3 Å². The maximum absolute atomic E-state index is 11.5. The van der Waals surface area contributed by atoms with E-state index < -0.39 is 10.0 Å². The number of rotatable bonds is 5. The fourth-order valence-electron chi connectivity index (χ4n) is 2.14. The Morgan fingerprint density at radius 1 is 1.26 bits per heavy atom. The van der Waals surface area contributed by atoms with Crippen LogP contribution < -0.4 is 11.1 Å². The van der Waals surface area contributed by atoms with Gasteiger partial charge in [0.15, 0.2) is 5.96 Å². The summed E-state index contributed by atoms with van der Waals surface area (Å²) in [5.74, 6) is 0.355. The zero-order chi connectivity index (χ0) is 14.3. The zero-order valence-corrected chi connectivity index (χ0v) is 12.7. The molecule has 1 rings (SSSR count). The fourth-order valence-corrected chi connectivity index (χ4v) is 2.83. The molecule has 1 saturated carbocycles. The highest BCUT2D eigenvalue weighted by atomic mass is 32.2. The predicted octanol–water partition coefficient (Wildman–Crippen LogP) is 0.505. The molecular weight excluding hydrogens is 264 g/mol. The molecule has 0 aromatic rings. The lowest BCUT2D eigenvalue weighted by atomic mass is 10.1. The van der Waals surface area contributed by atoms with Crippen LogP contribution in [0.2, 0.25) is 0 Å². The molecule has 0 saturated heterocycles. The summed E-state index contributed by atoms with van der Waals surface area (Å²) in [6.07, 6.45) is 7.25. The maximum atomic E-state index is 11.5. The van der Waals surface area contributed by atoms with E-state index in [0.717, 1.165) is 12.8 Å². The third-order valence-corrected chi connectivity index (χ3v) is 5.21. The highest BCUT2D eigenvalue weighted by Gasteiger charge is 2.14. The molecule has 0 bridgehead atoms. The van der Waals surface area contributed by atoms with Crippen LogP contribution in [0.1, 0.15) is 38.5 Å². The second kappa shape index (κ2) is 7.69. The Labute approximate surface area is 116 Å². The molecule has 3 N–H and O–H groups in total. The summed E-state index contributed by atoms with van der Waals surface area (Å²) in [6, 6.07) is 0.386. The smallest absolute Gasteiger partial charge is 0.215 e. The van der Waals surface area contributed by atoms with Crippen molar-refractivity contribution in [2.45, 2.75) is 44.6 Å². The number of aliphatic imine (C=N–C) groups is 1. The fraction of sp³-hybridized carbons (Fsp3) is 0.917. The van der Waals surface area contributed by atoms with Gasteiger partial charge in [-0.05, 0) is 12.8 Å². The third-order valence-electron chi connectivity index (χ3n) is 3.39. The van der Waals surface area contributed by atoms with Gasteiger partial charge in [-0.15, -0.1) is 0 Å². The molecule has 0 radical (unpaired) electrons. The van der Waals surface area contributed by atoms with Gasteiger partial charge < -0.3 is 11.1 Å². The lowest BCUT2D eigenvalue weighted by Gasteiger charge is -2.16. The normalized spacial score (nSPS) is 19.4. The van der Waals surface area contributed by atoms with Crippen molar-refractivity contribution < 1.29 is 8.42 Å². The van der Waals surface area contributed by atoms with Gasteiger partial charge in [0.25, 0.3) is 0 Å². The minimum atomic E-state index is -3.19. The van der Waals surface area contributed by atoms with Crippen LogP contribution in [0.3, 0.4) is 0 Å². The van der Waals surface area contributed by atoms with E-state index in [1.807, 2.05) is 0 Å². The number of hydrogen-bond donors (Lipinski definition) is 2. The van der Waals surface area contributed by atoms with Gasteiger partial charge in [0.1, 0.15) is 0 Å². The summed E-state index contributed by atoms with van der Waals surface area (Å²) in [5, 5.41) is 3.19. The molecular formula is C12H26N4O2S. The van der Waals surface area contributed by atoms with Crippen molar-refractivity contribution in [3.8, 4) is 0 Å². The highest BCUT2D eigenvalue weighted by molar-refractivity contribution is 7.89. The number of nitrogens with two attached hydrogens (primary N) is 1. The number of nitrogens with one attached hydrogen (secondary N) is 1. The van der Waals surface area contributed by atoms with E-state index in [9.17, 15) is 8.42 Å². The molecule has 7 heteroatoms. The van der Waals surface area contributed by atoms with Gasteiger partial charge in [-0.2, -0.15) is 0 Å². The van der Waals surface area contributed by atoms with Gasteiger partial charge >= 0.3 is 0 Å². The quantitative estimate of drug-likeness (QED) is 0.438. The van der Waals surface area contributed by atoms with Gasteiger partial charge in [0, 0.05) is 20.1 Å². The van der Waals surface area contributed by atoms with Crippen molar-refractivity contribution in [1.29, 1.82) is 0 Å². The van der Waals surface area contributed by atoms with Gasteiger partial charge in [-0.25, -0.2) is 12.7 Å². The summed E-state index contributed by atoms with van der Waals surface area (Å²) in [5.41, 5.74) is 5.79. The molecule has 112 valence electrons. The number of guanidine groups is 1. The van der Waals surface area contributed by atoms with Gasteiger partial charge in [0.05, 0.1) is 12.3 Å². The van der Waals surface area contributed by atoms with Gasteiger partial charge in [0.2, 0.25) is 10.0 Å². The Hall–Kier alpha value is -0.820. The molecule has 0 spiro atoms. The molecule has 0 aromatic heterocycles. The Kier molecular flexibility index (Phi) is 6.57. The van der Waals surface area contributed by atoms with Crippen LogP contribution in [0.4, 0.5) is 0 Å². The van der Waals surface area contributed by atoms with Crippen molar-refractivity contribution >= 4 is 16.0 Å². The molecule has 1 fully saturated rings. The predicted molar refractivity (Wildman–Crippen MR) is 78.6 cm³/mol. The lowest BCUT2D eigenvalue weighted by molar-refractivity contribution is 0.520. The summed E-state index contributed by atoms with van der Waals surface area (Å²) in [6.45, 7) is 0.200. The third kappa shape index (κ3) is 6.24. The highest BCUT2D eigenvalue weighted by Crippen LogP contribution is 2.16. The standard InChI is InChI=1S/C12H26N4O2S/c1-16(2)19(17,18)10-9-14-12(13)15-11-7-5-3-4-6-8-11/h11H,3-10H2,1-2H3,(H3,13,14,15). The molecule has 1 aliphatic rings. The summed E-state index contributed by atoms with van der Waals surface area (Å²) in [4.78, 5) is 4.09. The summed E-state index contributed by atoms with van der Waals surface area (Å²) < 4.78 is 24.3. The minimum Gasteiger partial charge on any atom is -0.370 e. The topological polar surface area (TPSA) is 87.8 Å². The SMILES string of the molecule is CN(C)S(=O)(=O)CCN=C(N)NC1CCCCCC1. The molecule has 19 heavy (non-hydrogen) atoms. The van der Waals surface area contributed by atoms with Crippen LogP contribution >= 0.6 is 0 Å². The van der Waals surface area contributed by atoms with Crippen molar-refractivity contribution in [3.05, 3.63) is 0 Å². The molecule has 1 aliphatic carbocycles. The summed E-state index contributed by atoms with van der Waals surface area (Å²) in [7, 11) is -0.150. The lowest BCUT2D eigenvalue weighted by Crippen LogP contribution is -2.40. The zero-order valence-electron chi connectivity index (χ0n) is 11.9. The van der Waals surface area contributed by atoms with Crippen LogP contribution in [-0.2, 0) is 10.0 Å². The maximum Gasteiger partial charge on any atom is 0.215 e. The molecule has 0 unspecified atom stereocenters. The Morgan fingerprint density at radius 2 is 1.84 bits per heavy atom. The molecule has 0 aromatic carbocycles. The molecule has 0 atom stereocenters. The van der Waals surface area contributed by atoms with E-state index in [1.165, 1.54) is 44.1 Å². The van der Waals surface area contributed by atoms with Crippen molar-refractivity contribution in [3.63, 3.8) is 0 Å². The number of nitrogens with zero attached hydrogens (tertiary/aromatic N) is 2. The first kappa shape index (κ1) is 16.2. The van der Waals surface area contributed by atoms with Crippen molar-refractivity contribution in [2.24, 2.45) is 10.7 Å². The average Bonchev–Trinajstić information content (AvgIpc) is 2.57. The van der Waals surface area contributed by atoms with Crippen molar-refractivity contribution in [1.82, 2.24) is 9.62 Å². The second-order valence-electron chi connectivity index (χ2n) is 5.20. The monoisotopic (exact) mass is 290 g/mol. The minimum absolute atomic E-state index is 0.00690. The van der Waals surface area contributed by atoms with E-state index in [-0.39, 0.29) is 12.3 Å². The van der Waals surface area contributed by atoms with E-state index >= 15 is 0 Å². The number of hydrogen-bond acceptors (Lipinski definition) is 3. The Bertz CT molecular complexity index is 385. The first-order valence-corrected chi connectivity index (χ1v) is 8.49. The van der Waals surface area contributed by atoms with Crippen molar-refractivity contribution in [2.75, 3.05) is 26.4 Å². The van der Waals surface area contributed by atoms with Crippen LogP contribution in [0.25, 0.3) is 0 Å². The Morgan fingerprint density at radius 3 is 2.37 bits per heavy atom. The number of sulfonamides is 1. The molecule has 0 amide bonds. The summed E-state index contributed by atoms with van der Waals surface area (Å²) >= 11 is 0. The molecule has 0 heterocycles. The van der Waals surface area contributed by atoms with Crippen LogP contribution in [0.5, 0.6) is 0 Å². The van der Waals surface area contributed by atoms with E-state index in [0.29, 0.717) is 12.0 Å². The Balaban J connectivity index is 2.36.